The molecular formula is C11H22N2O. The minimum Gasteiger partial charge on any atom is -0.333 e. The summed E-state index contributed by atoms with van der Waals surface area (Å²) in [7, 11) is 0. The van der Waals surface area contributed by atoms with Gasteiger partial charge in [-0.1, -0.05) is 0 Å². The van der Waals surface area contributed by atoms with E-state index in [1.165, 1.54) is 12.8 Å². The summed E-state index contributed by atoms with van der Waals surface area (Å²) in [6.07, 6.45) is 2.58. The molecule has 0 radical (unpaired) electrons. The largest absolute Gasteiger partial charge is 0.333 e. The van der Waals surface area contributed by atoms with Gasteiger partial charge in [-0.25, -0.2) is 4.79 Å². The highest BCUT2D eigenvalue weighted by Gasteiger charge is 2.27. The SMILES string of the molecule is CCN(CC1CC1)C(=O)NC(C)(C)C. The van der Waals surface area contributed by atoms with Gasteiger partial charge < -0.3 is 10.2 Å². The number of carbonyl (C=O) groups is 1. The molecule has 3 heteroatoms. The third kappa shape index (κ3) is 3.99. The van der Waals surface area contributed by atoms with E-state index in [-0.39, 0.29) is 11.6 Å². The predicted octanol–water partition coefficient (Wildman–Crippen LogP) is 2.23. The maximum atomic E-state index is 11.8. The molecule has 1 aliphatic rings. The van der Waals surface area contributed by atoms with E-state index < -0.39 is 0 Å². The Morgan fingerprint density at radius 2 is 2.00 bits per heavy atom. The molecule has 0 heterocycles. The average Bonchev–Trinajstić information content (AvgIpc) is 2.79. The standard InChI is InChI=1S/C11H22N2O/c1-5-13(8-9-6-7-9)10(14)12-11(2,3)4/h9H,5-8H2,1-4H3,(H,12,14). The molecule has 0 aliphatic heterocycles. The summed E-state index contributed by atoms with van der Waals surface area (Å²) in [5.41, 5.74) is -0.131. The summed E-state index contributed by atoms with van der Waals surface area (Å²) >= 11 is 0. The molecule has 2 amide bonds. The molecule has 0 aromatic carbocycles. The van der Waals surface area contributed by atoms with Crippen molar-refractivity contribution in [1.29, 1.82) is 0 Å². The summed E-state index contributed by atoms with van der Waals surface area (Å²) in [6, 6.07) is 0.0758. The number of hydrogen-bond acceptors (Lipinski definition) is 1. The van der Waals surface area contributed by atoms with Crippen LogP contribution in [0.4, 0.5) is 4.79 Å². The Kier molecular flexibility index (Phi) is 3.40. The number of rotatable bonds is 3. The van der Waals surface area contributed by atoms with Crippen molar-refractivity contribution in [1.82, 2.24) is 10.2 Å². The minimum absolute atomic E-state index is 0.0758. The molecule has 1 fully saturated rings. The average molecular weight is 198 g/mol. The first-order valence-electron chi connectivity index (χ1n) is 5.49. The van der Waals surface area contributed by atoms with Gasteiger partial charge in [-0.2, -0.15) is 0 Å². The van der Waals surface area contributed by atoms with Crippen LogP contribution < -0.4 is 5.32 Å². The van der Waals surface area contributed by atoms with Crippen LogP contribution in [0.25, 0.3) is 0 Å². The highest BCUT2D eigenvalue weighted by molar-refractivity contribution is 5.74. The lowest BCUT2D eigenvalue weighted by Gasteiger charge is -2.27. The molecule has 0 atom stereocenters. The van der Waals surface area contributed by atoms with E-state index in [1.54, 1.807) is 0 Å². The van der Waals surface area contributed by atoms with Gasteiger partial charge in [0, 0.05) is 18.6 Å². The summed E-state index contributed by atoms with van der Waals surface area (Å²) in [5.74, 6) is 0.765. The fourth-order valence-electron chi connectivity index (χ4n) is 1.37. The second-order valence-corrected chi connectivity index (χ2v) is 5.16. The van der Waals surface area contributed by atoms with E-state index in [0.717, 1.165) is 19.0 Å². The van der Waals surface area contributed by atoms with Gasteiger partial charge in [0.1, 0.15) is 0 Å². The van der Waals surface area contributed by atoms with E-state index in [2.05, 4.69) is 5.32 Å². The van der Waals surface area contributed by atoms with Crippen molar-refractivity contribution in [3.8, 4) is 0 Å². The van der Waals surface area contributed by atoms with Gasteiger partial charge in [-0.3, -0.25) is 0 Å². The Morgan fingerprint density at radius 3 is 2.36 bits per heavy atom. The lowest BCUT2D eigenvalue weighted by molar-refractivity contribution is 0.189. The van der Waals surface area contributed by atoms with Gasteiger partial charge in [-0.15, -0.1) is 0 Å². The van der Waals surface area contributed by atoms with Crippen LogP contribution in [0.2, 0.25) is 0 Å². The van der Waals surface area contributed by atoms with Crippen LogP contribution in [0.3, 0.4) is 0 Å². The monoisotopic (exact) mass is 198 g/mol. The predicted molar refractivity (Wildman–Crippen MR) is 58.3 cm³/mol. The Morgan fingerprint density at radius 1 is 1.43 bits per heavy atom. The topological polar surface area (TPSA) is 32.3 Å². The zero-order valence-electron chi connectivity index (χ0n) is 9.76. The normalized spacial score (nSPS) is 16.6. The third-order valence-electron chi connectivity index (χ3n) is 2.33. The van der Waals surface area contributed by atoms with Gasteiger partial charge in [0.25, 0.3) is 0 Å². The summed E-state index contributed by atoms with van der Waals surface area (Å²) in [5, 5.41) is 2.99. The van der Waals surface area contributed by atoms with Gasteiger partial charge in [-0.05, 0) is 46.5 Å². The number of urea groups is 1. The van der Waals surface area contributed by atoms with E-state index in [4.69, 9.17) is 0 Å². The number of nitrogens with zero attached hydrogens (tertiary/aromatic N) is 1. The quantitative estimate of drug-likeness (QED) is 0.741. The van der Waals surface area contributed by atoms with Crippen molar-refractivity contribution >= 4 is 6.03 Å². The maximum absolute atomic E-state index is 11.8. The van der Waals surface area contributed by atoms with Crippen LogP contribution in [0.1, 0.15) is 40.5 Å². The lowest BCUT2D eigenvalue weighted by atomic mass is 10.1. The Hall–Kier alpha value is -0.730. The summed E-state index contributed by atoms with van der Waals surface area (Å²) < 4.78 is 0. The highest BCUT2D eigenvalue weighted by atomic mass is 16.2. The molecule has 82 valence electrons. The van der Waals surface area contributed by atoms with E-state index in [9.17, 15) is 4.79 Å². The number of nitrogens with one attached hydrogen (secondary N) is 1. The lowest BCUT2D eigenvalue weighted by Crippen LogP contribution is -2.49. The summed E-state index contributed by atoms with van der Waals surface area (Å²) in [6.45, 7) is 9.79. The fourth-order valence-corrected chi connectivity index (χ4v) is 1.37. The second kappa shape index (κ2) is 4.20. The van der Waals surface area contributed by atoms with Crippen LogP contribution in [-0.2, 0) is 0 Å². The molecule has 0 bridgehead atoms. The van der Waals surface area contributed by atoms with Crippen molar-refractivity contribution in [2.24, 2.45) is 5.92 Å². The van der Waals surface area contributed by atoms with E-state index >= 15 is 0 Å². The molecule has 0 spiro atoms. The first-order valence-corrected chi connectivity index (χ1v) is 5.49. The smallest absolute Gasteiger partial charge is 0.317 e. The van der Waals surface area contributed by atoms with Crippen LogP contribution in [-0.4, -0.2) is 29.6 Å². The maximum Gasteiger partial charge on any atom is 0.317 e. The molecule has 3 nitrogen and oxygen atoms in total. The van der Waals surface area contributed by atoms with Gasteiger partial charge in [0.2, 0.25) is 0 Å². The molecule has 1 N–H and O–H groups in total. The van der Waals surface area contributed by atoms with Crippen LogP contribution in [0.15, 0.2) is 0 Å². The fraction of sp³-hybridized carbons (Fsp3) is 0.909. The van der Waals surface area contributed by atoms with Crippen LogP contribution >= 0.6 is 0 Å². The first-order chi connectivity index (χ1) is 6.42. The Balaban J connectivity index is 2.38. The molecule has 0 unspecified atom stereocenters. The van der Waals surface area contributed by atoms with Gasteiger partial charge in [0.05, 0.1) is 0 Å². The van der Waals surface area contributed by atoms with E-state index in [0.29, 0.717) is 0 Å². The molecule has 14 heavy (non-hydrogen) atoms. The van der Waals surface area contributed by atoms with Crippen LogP contribution in [0, 0.1) is 5.92 Å². The Bertz CT molecular complexity index is 204. The number of amides is 2. The number of hydrogen-bond donors (Lipinski definition) is 1. The molecule has 0 saturated heterocycles. The van der Waals surface area contributed by atoms with Gasteiger partial charge >= 0.3 is 6.03 Å². The first kappa shape index (κ1) is 11.3. The zero-order chi connectivity index (χ0) is 10.8. The van der Waals surface area contributed by atoms with E-state index in [1.807, 2.05) is 32.6 Å². The minimum atomic E-state index is -0.131. The van der Waals surface area contributed by atoms with Crippen molar-refractivity contribution in [3.05, 3.63) is 0 Å². The van der Waals surface area contributed by atoms with Gasteiger partial charge in [0.15, 0.2) is 0 Å². The van der Waals surface area contributed by atoms with Crippen molar-refractivity contribution < 1.29 is 4.79 Å². The highest BCUT2D eigenvalue weighted by Crippen LogP contribution is 2.29. The second-order valence-electron chi connectivity index (χ2n) is 5.16. The Labute approximate surface area is 86.9 Å². The van der Waals surface area contributed by atoms with Crippen molar-refractivity contribution in [2.45, 2.75) is 46.1 Å². The molecule has 1 rings (SSSR count). The zero-order valence-corrected chi connectivity index (χ0v) is 9.76. The summed E-state index contributed by atoms with van der Waals surface area (Å²) in [4.78, 5) is 13.7. The molecular weight excluding hydrogens is 176 g/mol. The molecule has 1 saturated carbocycles. The van der Waals surface area contributed by atoms with Crippen molar-refractivity contribution in [2.75, 3.05) is 13.1 Å². The number of carbonyl (C=O) groups excluding carboxylic acids is 1. The van der Waals surface area contributed by atoms with Crippen LogP contribution in [0.5, 0.6) is 0 Å². The third-order valence-corrected chi connectivity index (χ3v) is 2.33. The molecule has 1 aliphatic carbocycles. The van der Waals surface area contributed by atoms with Crippen molar-refractivity contribution in [3.63, 3.8) is 0 Å². The molecule has 0 aromatic rings. The molecule has 0 aromatic heterocycles.